The molecule has 0 amide bonds. The quantitative estimate of drug-likeness (QED) is 0.785. The van der Waals surface area contributed by atoms with Gasteiger partial charge < -0.3 is 9.67 Å². The van der Waals surface area contributed by atoms with Gasteiger partial charge in [0.25, 0.3) is 0 Å². The average molecular weight is 277 g/mol. The summed E-state index contributed by atoms with van der Waals surface area (Å²) in [6.07, 6.45) is 1.79. The Balaban J connectivity index is 1.91. The summed E-state index contributed by atoms with van der Waals surface area (Å²) in [6, 6.07) is 22.1. The number of aromatic nitrogens is 1. The Kier molecular flexibility index (Phi) is 3.56. The van der Waals surface area contributed by atoms with Gasteiger partial charge in [0.2, 0.25) is 0 Å². The topological polar surface area (TPSA) is 42.2 Å². The molecule has 104 valence electrons. The van der Waals surface area contributed by atoms with Crippen molar-refractivity contribution in [2.75, 3.05) is 0 Å². The molecular formula is C18H15NO2. The van der Waals surface area contributed by atoms with Crippen molar-refractivity contribution in [3.8, 4) is 22.4 Å². The van der Waals surface area contributed by atoms with Crippen LogP contribution in [0.3, 0.4) is 0 Å². The van der Waals surface area contributed by atoms with E-state index in [0.717, 1.165) is 16.8 Å². The van der Waals surface area contributed by atoms with Crippen molar-refractivity contribution in [2.45, 2.75) is 6.54 Å². The van der Waals surface area contributed by atoms with E-state index in [1.165, 1.54) is 5.56 Å². The van der Waals surface area contributed by atoms with E-state index in [-0.39, 0.29) is 6.54 Å². The van der Waals surface area contributed by atoms with Crippen LogP contribution in [0.2, 0.25) is 0 Å². The fourth-order valence-corrected chi connectivity index (χ4v) is 2.42. The highest BCUT2D eigenvalue weighted by Crippen LogP contribution is 2.25. The van der Waals surface area contributed by atoms with Crippen LogP contribution in [0.15, 0.2) is 72.9 Å². The molecule has 3 rings (SSSR count). The van der Waals surface area contributed by atoms with E-state index < -0.39 is 5.97 Å². The molecule has 3 nitrogen and oxygen atoms in total. The molecular weight excluding hydrogens is 262 g/mol. The molecule has 0 saturated heterocycles. The van der Waals surface area contributed by atoms with Crippen molar-refractivity contribution in [2.24, 2.45) is 0 Å². The number of carbonyl (C=O) groups is 1. The van der Waals surface area contributed by atoms with Crippen molar-refractivity contribution in [1.29, 1.82) is 0 Å². The third kappa shape index (κ3) is 2.87. The first-order valence-corrected chi connectivity index (χ1v) is 6.77. The minimum absolute atomic E-state index is 0.0250. The summed E-state index contributed by atoms with van der Waals surface area (Å²) in [6.45, 7) is -0.0250. The van der Waals surface area contributed by atoms with E-state index >= 15 is 0 Å². The molecule has 1 heterocycles. The normalized spacial score (nSPS) is 10.5. The van der Waals surface area contributed by atoms with Gasteiger partial charge in [-0.3, -0.25) is 4.79 Å². The summed E-state index contributed by atoms with van der Waals surface area (Å²) < 4.78 is 1.74. The van der Waals surface area contributed by atoms with Crippen LogP contribution in [0, 0.1) is 0 Å². The van der Waals surface area contributed by atoms with Crippen LogP contribution in [0.4, 0.5) is 0 Å². The van der Waals surface area contributed by atoms with Crippen molar-refractivity contribution in [3.05, 3.63) is 72.9 Å². The van der Waals surface area contributed by atoms with Crippen LogP contribution in [0.5, 0.6) is 0 Å². The highest BCUT2D eigenvalue weighted by atomic mass is 16.4. The van der Waals surface area contributed by atoms with Gasteiger partial charge >= 0.3 is 5.97 Å². The molecule has 1 aromatic heterocycles. The highest BCUT2D eigenvalue weighted by molar-refractivity contribution is 5.71. The Morgan fingerprint density at radius 1 is 0.810 bits per heavy atom. The zero-order valence-corrected chi connectivity index (χ0v) is 11.4. The van der Waals surface area contributed by atoms with Crippen molar-refractivity contribution in [1.82, 2.24) is 4.57 Å². The third-order valence-corrected chi connectivity index (χ3v) is 3.42. The molecule has 0 spiro atoms. The predicted octanol–water partition coefficient (Wildman–Crippen LogP) is 3.91. The van der Waals surface area contributed by atoms with Crippen LogP contribution >= 0.6 is 0 Å². The number of hydrogen-bond acceptors (Lipinski definition) is 1. The number of hydrogen-bond donors (Lipinski definition) is 1. The lowest BCUT2D eigenvalue weighted by atomic mass is 10.0. The number of carboxylic acids is 1. The lowest BCUT2D eigenvalue weighted by Crippen LogP contribution is -2.08. The molecule has 0 aliphatic rings. The molecule has 0 unspecified atom stereocenters. The summed E-state index contributed by atoms with van der Waals surface area (Å²) in [7, 11) is 0. The van der Waals surface area contributed by atoms with E-state index in [4.69, 9.17) is 5.11 Å². The van der Waals surface area contributed by atoms with Gasteiger partial charge in [-0.05, 0) is 28.8 Å². The summed E-state index contributed by atoms with van der Waals surface area (Å²) in [5.74, 6) is -0.839. The van der Waals surface area contributed by atoms with E-state index in [0.29, 0.717) is 0 Å². The van der Waals surface area contributed by atoms with Gasteiger partial charge in [0, 0.05) is 11.9 Å². The Morgan fingerprint density at radius 3 is 2.10 bits per heavy atom. The minimum atomic E-state index is -0.839. The van der Waals surface area contributed by atoms with Crippen molar-refractivity contribution >= 4 is 5.97 Å². The molecule has 0 fully saturated rings. The fourth-order valence-electron chi connectivity index (χ4n) is 2.42. The molecule has 0 aliphatic heterocycles. The lowest BCUT2D eigenvalue weighted by molar-refractivity contribution is -0.137. The lowest BCUT2D eigenvalue weighted by Gasteiger charge is -2.08. The maximum Gasteiger partial charge on any atom is 0.323 e. The third-order valence-electron chi connectivity index (χ3n) is 3.42. The molecule has 0 saturated carbocycles. The molecule has 1 N–H and O–H groups in total. The minimum Gasteiger partial charge on any atom is -0.480 e. The van der Waals surface area contributed by atoms with Crippen LogP contribution in [-0.2, 0) is 11.3 Å². The molecule has 3 aromatic rings. The van der Waals surface area contributed by atoms with Gasteiger partial charge in [-0.25, -0.2) is 0 Å². The standard InChI is InChI=1S/C18H15NO2/c20-18(21)13-19-12-4-7-17(19)16-10-8-15(9-11-16)14-5-2-1-3-6-14/h1-12H,13H2,(H,20,21). The molecule has 0 radical (unpaired) electrons. The van der Waals surface area contributed by atoms with E-state index in [9.17, 15) is 4.79 Å². The second kappa shape index (κ2) is 5.67. The van der Waals surface area contributed by atoms with E-state index in [1.54, 1.807) is 10.8 Å². The first kappa shape index (κ1) is 13.2. The zero-order chi connectivity index (χ0) is 14.7. The number of rotatable bonds is 4. The van der Waals surface area contributed by atoms with Gasteiger partial charge in [-0.2, -0.15) is 0 Å². The van der Waals surface area contributed by atoms with Gasteiger partial charge in [0.15, 0.2) is 0 Å². The summed E-state index contributed by atoms with van der Waals surface area (Å²) in [5.41, 5.74) is 4.25. The first-order chi connectivity index (χ1) is 10.2. The van der Waals surface area contributed by atoms with Crippen LogP contribution < -0.4 is 0 Å². The Morgan fingerprint density at radius 2 is 1.43 bits per heavy atom. The van der Waals surface area contributed by atoms with Crippen LogP contribution in [-0.4, -0.2) is 15.6 Å². The van der Waals surface area contributed by atoms with Crippen molar-refractivity contribution in [3.63, 3.8) is 0 Å². The SMILES string of the molecule is O=C(O)Cn1cccc1-c1ccc(-c2ccccc2)cc1. The molecule has 0 atom stereocenters. The number of benzene rings is 2. The fraction of sp³-hybridized carbons (Fsp3) is 0.0556. The largest absolute Gasteiger partial charge is 0.480 e. The van der Waals surface area contributed by atoms with Gasteiger partial charge in [-0.1, -0.05) is 54.6 Å². The van der Waals surface area contributed by atoms with Gasteiger partial charge in [0.1, 0.15) is 6.54 Å². The molecule has 2 aromatic carbocycles. The monoisotopic (exact) mass is 277 g/mol. The van der Waals surface area contributed by atoms with Crippen LogP contribution in [0.25, 0.3) is 22.4 Å². The second-order valence-corrected chi connectivity index (χ2v) is 4.86. The van der Waals surface area contributed by atoms with E-state index in [1.807, 2.05) is 42.5 Å². The Hall–Kier alpha value is -2.81. The zero-order valence-electron chi connectivity index (χ0n) is 11.4. The molecule has 3 heteroatoms. The maximum atomic E-state index is 10.9. The van der Waals surface area contributed by atoms with Crippen LogP contribution in [0.1, 0.15) is 0 Å². The molecule has 21 heavy (non-hydrogen) atoms. The smallest absolute Gasteiger partial charge is 0.323 e. The first-order valence-electron chi connectivity index (χ1n) is 6.77. The number of carboxylic acid groups (broad SMARTS) is 1. The van der Waals surface area contributed by atoms with E-state index in [2.05, 4.69) is 24.3 Å². The Labute approximate surface area is 123 Å². The number of aliphatic carboxylic acids is 1. The second-order valence-electron chi connectivity index (χ2n) is 4.86. The molecule has 0 bridgehead atoms. The van der Waals surface area contributed by atoms with Crippen molar-refractivity contribution < 1.29 is 9.90 Å². The van der Waals surface area contributed by atoms with Gasteiger partial charge in [-0.15, -0.1) is 0 Å². The maximum absolute atomic E-state index is 10.9. The number of nitrogens with zero attached hydrogens (tertiary/aromatic N) is 1. The predicted molar refractivity (Wildman–Crippen MR) is 82.9 cm³/mol. The van der Waals surface area contributed by atoms with Gasteiger partial charge in [0.05, 0.1) is 0 Å². The summed E-state index contributed by atoms with van der Waals surface area (Å²) in [5, 5.41) is 8.93. The summed E-state index contributed by atoms with van der Waals surface area (Å²) >= 11 is 0. The average Bonchev–Trinajstić information content (AvgIpc) is 2.96. The Bertz CT molecular complexity index is 742. The molecule has 0 aliphatic carbocycles. The summed E-state index contributed by atoms with van der Waals surface area (Å²) in [4.78, 5) is 10.9. The highest BCUT2D eigenvalue weighted by Gasteiger charge is 2.07.